The van der Waals surface area contributed by atoms with Gasteiger partial charge in [-0.2, -0.15) is 10.2 Å². The van der Waals surface area contributed by atoms with Gasteiger partial charge in [0.05, 0.1) is 30.9 Å². The predicted molar refractivity (Wildman–Crippen MR) is 122 cm³/mol. The second-order valence-electron chi connectivity index (χ2n) is 8.95. The third-order valence-corrected chi connectivity index (χ3v) is 5.28. The van der Waals surface area contributed by atoms with Crippen LogP contribution in [0, 0.1) is 17.1 Å². The van der Waals surface area contributed by atoms with E-state index in [0.717, 1.165) is 6.07 Å². The Balaban J connectivity index is 1.76. The van der Waals surface area contributed by atoms with Gasteiger partial charge in [0.25, 0.3) is 0 Å². The molecule has 1 saturated heterocycles. The molecule has 2 heterocycles. The van der Waals surface area contributed by atoms with Gasteiger partial charge >= 0.3 is 6.09 Å². The molecule has 0 saturated carbocycles. The molecule has 1 aliphatic heterocycles. The number of hydrogen-bond acceptors (Lipinski definition) is 8. The van der Waals surface area contributed by atoms with Gasteiger partial charge in [-0.05, 0) is 39.0 Å². The van der Waals surface area contributed by atoms with Crippen LogP contribution in [0.1, 0.15) is 37.5 Å². The fourth-order valence-electron chi connectivity index (χ4n) is 3.58. The quantitative estimate of drug-likeness (QED) is 0.659. The lowest BCUT2D eigenvalue weighted by atomic mass is 10.1. The van der Waals surface area contributed by atoms with Gasteiger partial charge in [-0.25, -0.2) is 9.18 Å². The number of hydrogen-bond donors (Lipinski definition) is 2. The van der Waals surface area contributed by atoms with E-state index in [1.807, 2.05) is 11.0 Å². The highest BCUT2D eigenvalue weighted by Crippen LogP contribution is 2.27. The summed E-state index contributed by atoms with van der Waals surface area (Å²) in [5.74, 6) is 0.0790. The molecule has 34 heavy (non-hydrogen) atoms. The van der Waals surface area contributed by atoms with E-state index in [1.165, 1.54) is 17.0 Å². The number of nitrogens with zero attached hydrogens (tertiary/aromatic N) is 4. The molecule has 182 valence electrons. The van der Waals surface area contributed by atoms with E-state index in [2.05, 4.69) is 4.98 Å². The Bertz CT molecular complexity index is 1070. The summed E-state index contributed by atoms with van der Waals surface area (Å²) in [6, 6.07) is 8.77. The van der Waals surface area contributed by atoms with Crippen LogP contribution >= 0.6 is 0 Å². The number of piperazine rings is 1. The maximum absolute atomic E-state index is 14.2. The molecule has 3 rings (SSSR count). The van der Waals surface area contributed by atoms with Crippen LogP contribution in [-0.2, 0) is 18.0 Å². The topological polar surface area (TPSA) is 119 Å². The number of halogens is 1. The zero-order valence-electron chi connectivity index (χ0n) is 19.5. The highest BCUT2D eigenvalue weighted by atomic mass is 19.1. The molecule has 1 aliphatic rings. The number of aliphatic hydroxyl groups is 2. The molecule has 1 fully saturated rings. The van der Waals surface area contributed by atoms with E-state index in [1.54, 1.807) is 32.9 Å². The monoisotopic (exact) mass is 472 g/mol. The number of benzene rings is 1. The molecule has 0 spiro atoms. The summed E-state index contributed by atoms with van der Waals surface area (Å²) in [7, 11) is 0. The summed E-state index contributed by atoms with van der Waals surface area (Å²) >= 11 is 0. The maximum Gasteiger partial charge on any atom is 0.410 e. The van der Waals surface area contributed by atoms with Crippen LogP contribution in [0.25, 0.3) is 0 Å². The Morgan fingerprint density at radius 3 is 2.59 bits per heavy atom. The van der Waals surface area contributed by atoms with Gasteiger partial charge in [0.1, 0.15) is 23.8 Å². The standard InChI is InChI=1S/C24H29FN4O5/c1-24(2,3)34-23(32)28-8-9-29(19(12-28)14-31)22-17(13-30)6-7-21(27-22)33-15-18-5-4-16(11-26)10-20(18)25/h4-7,10,19,30-31H,8-9,12-15H2,1-3H3/t19-/m1/s1. The average molecular weight is 473 g/mol. The molecule has 9 nitrogen and oxygen atoms in total. The highest BCUT2D eigenvalue weighted by Gasteiger charge is 2.33. The Morgan fingerprint density at radius 1 is 1.24 bits per heavy atom. The first-order valence-electron chi connectivity index (χ1n) is 10.9. The Labute approximate surface area is 198 Å². The minimum atomic E-state index is -0.630. The minimum Gasteiger partial charge on any atom is -0.473 e. The van der Waals surface area contributed by atoms with Gasteiger partial charge in [-0.3, -0.25) is 0 Å². The zero-order valence-corrected chi connectivity index (χ0v) is 19.5. The third kappa shape index (κ3) is 6.12. The summed E-state index contributed by atoms with van der Waals surface area (Å²) in [6.07, 6.45) is -0.456. The van der Waals surface area contributed by atoms with Crippen molar-refractivity contribution in [3.05, 3.63) is 52.8 Å². The SMILES string of the molecule is CC(C)(C)OC(=O)N1CCN(c2nc(OCc3ccc(C#N)cc3F)ccc2CO)[C@@H](CO)C1. The van der Waals surface area contributed by atoms with Crippen LogP contribution in [-0.4, -0.2) is 64.1 Å². The first kappa shape index (κ1) is 25.2. The number of aliphatic hydroxyl groups excluding tert-OH is 2. The largest absolute Gasteiger partial charge is 0.473 e. The molecule has 1 aromatic heterocycles. The number of pyridine rings is 1. The molecular weight excluding hydrogens is 443 g/mol. The van der Waals surface area contributed by atoms with Crippen molar-refractivity contribution >= 4 is 11.9 Å². The number of carbonyl (C=O) groups excluding carboxylic acids is 1. The molecule has 2 aromatic rings. The van der Waals surface area contributed by atoms with Gasteiger partial charge in [0.2, 0.25) is 5.88 Å². The van der Waals surface area contributed by atoms with Crippen LogP contribution in [0.2, 0.25) is 0 Å². The zero-order chi connectivity index (χ0) is 24.9. The smallest absolute Gasteiger partial charge is 0.410 e. The van der Waals surface area contributed by atoms with Gasteiger partial charge in [-0.1, -0.05) is 6.07 Å². The summed E-state index contributed by atoms with van der Waals surface area (Å²) in [4.78, 5) is 20.3. The molecule has 1 aromatic carbocycles. The van der Waals surface area contributed by atoms with Crippen LogP contribution in [0.4, 0.5) is 15.0 Å². The summed E-state index contributed by atoms with van der Waals surface area (Å²) < 4.78 is 25.3. The molecule has 1 amide bonds. The first-order chi connectivity index (χ1) is 16.1. The average Bonchev–Trinajstić information content (AvgIpc) is 2.81. The van der Waals surface area contributed by atoms with Crippen LogP contribution < -0.4 is 9.64 Å². The molecular formula is C24H29FN4O5. The number of anilines is 1. The maximum atomic E-state index is 14.2. The van der Waals surface area contributed by atoms with E-state index in [4.69, 9.17) is 14.7 Å². The molecule has 1 atom stereocenters. The van der Waals surface area contributed by atoms with Crippen molar-refractivity contribution in [2.75, 3.05) is 31.1 Å². The van der Waals surface area contributed by atoms with Crippen molar-refractivity contribution in [3.63, 3.8) is 0 Å². The lowest BCUT2D eigenvalue weighted by molar-refractivity contribution is 0.0196. The van der Waals surface area contributed by atoms with Crippen molar-refractivity contribution in [2.45, 2.75) is 45.6 Å². The molecule has 0 radical (unpaired) electrons. The lowest BCUT2D eigenvalue weighted by Crippen LogP contribution is -2.57. The van der Waals surface area contributed by atoms with Gasteiger partial charge < -0.3 is 29.5 Å². The Hall–Kier alpha value is -3.42. The van der Waals surface area contributed by atoms with E-state index in [9.17, 15) is 19.4 Å². The number of amides is 1. The first-order valence-corrected chi connectivity index (χ1v) is 10.9. The normalized spacial score (nSPS) is 16.2. The predicted octanol–water partition coefficient (Wildman–Crippen LogP) is 2.58. The third-order valence-electron chi connectivity index (χ3n) is 5.28. The molecule has 2 N–H and O–H groups in total. The van der Waals surface area contributed by atoms with Gasteiger partial charge in [0, 0.05) is 36.8 Å². The highest BCUT2D eigenvalue weighted by molar-refractivity contribution is 5.69. The lowest BCUT2D eigenvalue weighted by Gasteiger charge is -2.42. The summed E-state index contributed by atoms with van der Waals surface area (Å²) in [5, 5.41) is 28.7. The van der Waals surface area contributed by atoms with E-state index >= 15 is 0 Å². The minimum absolute atomic E-state index is 0.0989. The van der Waals surface area contributed by atoms with E-state index in [0.29, 0.717) is 24.5 Å². The van der Waals surface area contributed by atoms with Crippen LogP contribution in [0.5, 0.6) is 5.88 Å². The fourth-order valence-corrected chi connectivity index (χ4v) is 3.58. The van der Waals surface area contributed by atoms with Crippen molar-refractivity contribution < 1.29 is 28.9 Å². The summed E-state index contributed by atoms with van der Waals surface area (Å²) in [6.45, 7) is 5.67. The second kappa shape index (κ2) is 10.7. The van der Waals surface area contributed by atoms with Crippen molar-refractivity contribution in [1.82, 2.24) is 9.88 Å². The summed E-state index contributed by atoms with van der Waals surface area (Å²) in [5.41, 5.74) is 0.387. The second-order valence-corrected chi connectivity index (χ2v) is 8.95. The van der Waals surface area contributed by atoms with E-state index in [-0.39, 0.29) is 43.4 Å². The van der Waals surface area contributed by atoms with Crippen molar-refractivity contribution in [3.8, 4) is 11.9 Å². The van der Waals surface area contributed by atoms with Gasteiger partial charge in [0.15, 0.2) is 0 Å². The number of ether oxygens (including phenoxy) is 2. The van der Waals surface area contributed by atoms with Crippen LogP contribution in [0.15, 0.2) is 30.3 Å². The number of nitriles is 1. The van der Waals surface area contributed by atoms with Crippen LogP contribution in [0.3, 0.4) is 0 Å². The van der Waals surface area contributed by atoms with Crippen molar-refractivity contribution in [2.24, 2.45) is 0 Å². The molecule has 0 aliphatic carbocycles. The van der Waals surface area contributed by atoms with Gasteiger partial charge in [-0.15, -0.1) is 0 Å². The number of rotatable bonds is 6. The Morgan fingerprint density at radius 2 is 1.97 bits per heavy atom. The molecule has 0 unspecified atom stereocenters. The van der Waals surface area contributed by atoms with E-state index < -0.39 is 23.6 Å². The number of aromatic nitrogens is 1. The fraction of sp³-hybridized carbons (Fsp3) is 0.458. The number of carbonyl (C=O) groups is 1. The Kier molecular flexibility index (Phi) is 7.91. The molecule has 10 heteroatoms. The van der Waals surface area contributed by atoms with Crippen molar-refractivity contribution in [1.29, 1.82) is 5.26 Å². The molecule has 0 bridgehead atoms.